The third-order valence-electron chi connectivity index (χ3n) is 5.23. The van der Waals surface area contributed by atoms with Crippen LogP contribution in [-0.2, 0) is 19.1 Å². The maximum atomic E-state index is 13.1. The van der Waals surface area contributed by atoms with Crippen molar-refractivity contribution in [2.45, 2.75) is 38.8 Å². The van der Waals surface area contributed by atoms with Crippen LogP contribution in [0.3, 0.4) is 0 Å². The molecule has 29 heavy (non-hydrogen) atoms. The second kappa shape index (κ2) is 9.53. The van der Waals surface area contributed by atoms with E-state index in [1.54, 1.807) is 5.38 Å². The summed E-state index contributed by atoms with van der Waals surface area (Å²) in [5.74, 6) is -1.20. The first kappa shape index (κ1) is 21.5. The van der Waals surface area contributed by atoms with Gasteiger partial charge in [-0.2, -0.15) is 0 Å². The lowest BCUT2D eigenvalue weighted by Gasteiger charge is -2.29. The lowest BCUT2D eigenvalue weighted by atomic mass is 10.0. The van der Waals surface area contributed by atoms with Gasteiger partial charge in [0.15, 0.2) is 5.13 Å². The minimum Gasteiger partial charge on any atom is -0.467 e. The van der Waals surface area contributed by atoms with Crippen molar-refractivity contribution in [3.8, 4) is 0 Å². The minimum atomic E-state index is -0.735. The number of amides is 2. The molecule has 3 rings (SSSR count). The van der Waals surface area contributed by atoms with E-state index in [1.165, 1.54) is 23.3 Å². The number of anilines is 1. The van der Waals surface area contributed by atoms with E-state index < -0.39 is 18.1 Å². The maximum absolute atomic E-state index is 13.1. The number of carbonyl (C=O) groups is 3. The molecule has 1 aromatic heterocycles. The highest BCUT2D eigenvalue weighted by Crippen LogP contribution is 2.23. The van der Waals surface area contributed by atoms with E-state index in [0.717, 1.165) is 24.6 Å². The van der Waals surface area contributed by atoms with Gasteiger partial charge in [-0.15, -0.1) is 11.3 Å². The molecule has 0 unspecified atom stereocenters. The number of methoxy groups -OCH3 is 1. The van der Waals surface area contributed by atoms with Crippen LogP contribution in [0, 0.1) is 5.92 Å². The zero-order valence-electron chi connectivity index (χ0n) is 17.1. The number of aromatic nitrogens is 1. The summed E-state index contributed by atoms with van der Waals surface area (Å²) in [6.45, 7) is 6.98. The Labute approximate surface area is 174 Å². The van der Waals surface area contributed by atoms with Crippen molar-refractivity contribution in [1.82, 2.24) is 15.2 Å². The summed E-state index contributed by atoms with van der Waals surface area (Å²) in [6, 6.07) is -1.32. The molecule has 1 aromatic rings. The normalized spacial score (nSPS) is 20.6. The fraction of sp³-hybridized carbons (Fsp3) is 0.684. The molecule has 1 N–H and O–H groups in total. The third kappa shape index (κ3) is 4.87. The average molecular weight is 425 g/mol. The number of morpholine rings is 1. The Morgan fingerprint density at radius 1 is 1.28 bits per heavy atom. The molecular weight excluding hydrogens is 396 g/mol. The van der Waals surface area contributed by atoms with Crippen molar-refractivity contribution in [2.24, 2.45) is 5.92 Å². The molecular formula is C19H28N4O5S. The SMILES string of the molecule is COC(=O)[C@@H]1CCCN1C(=O)[C@@H](NC(=O)c1csc(N2CCOCC2)n1)C(C)C. The molecule has 2 aliphatic rings. The van der Waals surface area contributed by atoms with Gasteiger partial charge in [0.1, 0.15) is 17.8 Å². The molecule has 9 nitrogen and oxygen atoms in total. The summed E-state index contributed by atoms with van der Waals surface area (Å²) in [7, 11) is 1.32. The largest absolute Gasteiger partial charge is 0.467 e. The van der Waals surface area contributed by atoms with Crippen LogP contribution in [0.5, 0.6) is 0 Å². The topological polar surface area (TPSA) is 101 Å². The van der Waals surface area contributed by atoms with Gasteiger partial charge in [-0.1, -0.05) is 13.8 Å². The van der Waals surface area contributed by atoms with Gasteiger partial charge in [-0.25, -0.2) is 9.78 Å². The summed E-state index contributed by atoms with van der Waals surface area (Å²) in [4.78, 5) is 45.9. The number of nitrogens with zero attached hydrogens (tertiary/aromatic N) is 3. The molecule has 0 aliphatic carbocycles. The van der Waals surface area contributed by atoms with Crippen LogP contribution in [0.1, 0.15) is 37.2 Å². The van der Waals surface area contributed by atoms with Gasteiger partial charge < -0.3 is 24.6 Å². The predicted octanol–water partition coefficient (Wildman–Crippen LogP) is 0.898. The number of hydrogen-bond donors (Lipinski definition) is 1. The average Bonchev–Trinajstić information content (AvgIpc) is 3.41. The number of thiazole rings is 1. The quantitative estimate of drug-likeness (QED) is 0.677. The summed E-state index contributed by atoms with van der Waals surface area (Å²) in [5, 5.41) is 5.30. The Kier molecular flexibility index (Phi) is 7.07. The van der Waals surface area contributed by atoms with E-state index in [2.05, 4.69) is 15.2 Å². The van der Waals surface area contributed by atoms with Crippen LogP contribution < -0.4 is 10.2 Å². The number of nitrogens with one attached hydrogen (secondary N) is 1. The Morgan fingerprint density at radius 2 is 2.00 bits per heavy atom. The van der Waals surface area contributed by atoms with Crippen molar-refractivity contribution in [3.05, 3.63) is 11.1 Å². The van der Waals surface area contributed by atoms with E-state index in [9.17, 15) is 14.4 Å². The first-order chi connectivity index (χ1) is 13.9. The first-order valence-electron chi connectivity index (χ1n) is 9.89. The van der Waals surface area contributed by atoms with Crippen LogP contribution in [-0.4, -0.2) is 79.7 Å². The van der Waals surface area contributed by atoms with Gasteiger partial charge in [-0.05, 0) is 18.8 Å². The van der Waals surface area contributed by atoms with Gasteiger partial charge in [0.2, 0.25) is 5.91 Å². The predicted molar refractivity (Wildman–Crippen MR) is 108 cm³/mol. The molecule has 0 radical (unpaired) electrons. The summed E-state index contributed by atoms with van der Waals surface area (Å²) in [6.07, 6.45) is 1.31. The summed E-state index contributed by atoms with van der Waals surface area (Å²) in [5.41, 5.74) is 0.292. The van der Waals surface area contributed by atoms with E-state index in [1.807, 2.05) is 13.8 Å². The van der Waals surface area contributed by atoms with Crippen molar-refractivity contribution < 1.29 is 23.9 Å². The zero-order valence-corrected chi connectivity index (χ0v) is 17.9. The first-order valence-corrected chi connectivity index (χ1v) is 10.8. The van der Waals surface area contributed by atoms with Crippen LogP contribution in [0.2, 0.25) is 0 Å². The molecule has 2 saturated heterocycles. The third-order valence-corrected chi connectivity index (χ3v) is 6.14. The zero-order chi connectivity index (χ0) is 21.0. The molecule has 2 aliphatic heterocycles. The van der Waals surface area contributed by atoms with Crippen LogP contribution in [0.15, 0.2) is 5.38 Å². The highest BCUT2D eigenvalue weighted by Gasteiger charge is 2.39. The lowest BCUT2D eigenvalue weighted by Crippen LogP contribution is -2.54. The van der Waals surface area contributed by atoms with Crippen molar-refractivity contribution in [2.75, 3.05) is 44.9 Å². The second-order valence-corrected chi connectivity index (χ2v) is 8.36. The van der Waals surface area contributed by atoms with Gasteiger partial charge in [-0.3, -0.25) is 9.59 Å². The molecule has 2 amide bonds. The van der Waals surface area contributed by atoms with E-state index in [0.29, 0.717) is 31.9 Å². The molecule has 160 valence electrons. The Hall–Kier alpha value is -2.20. The fourth-order valence-electron chi connectivity index (χ4n) is 3.59. The molecule has 0 spiro atoms. The fourth-order valence-corrected chi connectivity index (χ4v) is 4.45. The van der Waals surface area contributed by atoms with Crippen molar-refractivity contribution in [1.29, 1.82) is 0 Å². The highest BCUT2D eigenvalue weighted by molar-refractivity contribution is 7.13. The van der Waals surface area contributed by atoms with Gasteiger partial charge >= 0.3 is 5.97 Å². The van der Waals surface area contributed by atoms with E-state index >= 15 is 0 Å². The number of esters is 1. The molecule has 2 atom stereocenters. The highest BCUT2D eigenvalue weighted by atomic mass is 32.1. The summed E-state index contributed by atoms with van der Waals surface area (Å²) >= 11 is 1.40. The standard InChI is InChI=1S/C19H28N4O5S/c1-12(2)15(17(25)23-6-4-5-14(23)18(26)27-3)21-16(24)13-11-29-19(20-13)22-7-9-28-10-8-22/h11-12,14-15H,4-10H2,1-3H3,(H,21,24)/t14-,15-/m0/s1. The van der Waals surface area contributed by atoms with Gasteiger partial charge in [0.05, 0.1) is 20.3 Å². The van der Waals surface area contributed by atoms with Crippen LogP contribution in [0.4, 0.5) is 5.13 Å². The van der Waals surface area contributed by atoms with Crippen molar-refractivity contribution in [3.63, 3.8) is 0 Å². The molecule has 0 aromatic carbocycles. The maximum Gasteiger partial charge on any atom is 0.328 e. The van der Waals surface area contributed by atoms with Gasteiger partial charge in [0, 0.05) is 25.0 Å². The smallest absolute Gasteiger partial charge is 0.328 e. The van der Waals surface area contributed by atoms with Crippen LogP contribution in [0.25, 0.3) is 0 Å². The molecule has 3 heterocycles. The monoisotopic (exact) mass is 424 g/mol. The number of ether oxygens (including phenoxy) is 2. The van der Waals surface area contributed by atoms with E-state index in [4.69, 9.17) is 9.47 Å². The Bertz CT molecular complexity index is 747. The number of hydrogen-bond acceptors (Lipinski definition) is 8. The number of likely N-dealkylation sites (tertiary alicyclic amines) is 1. The molecule has 0 bridgehead atoms. The lowest BCUT2D eigenvalue weighted by molar-refractivity contribution is -0.151. The van der Waals surface area contributed by atoms with Gasteiger partial charge in [0.25, 0.3) is 5.91 Å². The Morgan fingerprint density at radius 3 is 2.66 bits per heavy atom. The molecule has 10 heteroatoms. The van der Waals surface area contributed by atoms with E-state index in [-0.39, 0.29) is 17.7 Å². The number of rotatable bonds is 6. The van der Waals surface area contributed by atoms with Crippen LogP contribution >= 0.6 is 11.3 Å². The minimum absolute atomic E-state index is 0.136. The number of carbonyl (C=O) groups excluding carboxylic acids is 3. The molecule has 2 fully saturated rings. The Balaban J connectivity index is 1.68. The summed E-state index contributed by atoms with van der Waals surface area (Å²) < 4.78 is 10.2. The van der Waals surface area contributed by atoms with Crippen molar-refractivity contribution >= 4 is 34.3 Å². The second-order valence-electron chi connectivity index (χ2n) is 7.52. The molecule has 0 saturated carbocycles.